The Hall–Kier alpha value is -6.03. The van der Waals surface area contributed by atoms with E-state index in [-0.39, 0.29) is 106 Å². The van der Waals surface area contributed by atoms with Crippen LogP contribution in [0.3, 0.4) is 0 Å². The molecule has 0 bridgehead atoms. The first-order chi connectivity index (χ1) is 36.7. The Labute approximate surface area is 476 Å². The molecule has 2 aliphatic carbocycles. The number of amidine groups is 1. The van der Waals surface area contributed by atoms with Gasteiger partial charge in [0.2, 0.25) is 0 Å². The number of allylic oxidation sites excluding steroid dienone is 1. The van der Waals surface area contributed by atoms with Crippen LogP contribution in [0.1, 0.15) is 119 Å². The van der Waals surface area contributed by atoms with Crippen LogP contribution in [0.2, 0.25) is 0 Å². The molecule has 2 saturated carbocycles. The Morgan fingerprint density at radius 1 is 0.835 bits per heavy atom. The van der Waals surface area contributed by atoms with Crippen molar-refractivity contribution in [1.29, 1.82) is 0 Å². The van der Waals surface area contributed by atoms with Crippen LogP contribution >= 0.6 is 11.8 Å². The van der Waals surface area contributed by atoms with Crippen molar-refractivity contribution in [3.63, 3.8) is 0 Å². The second-order valence-electron chi connectivity index (χ2n) is 20.4. The first kappa shape index (κ1) is 63.8. The monoisotopic (exact) mass is 1180 g/mol. The number of esters is 1. The van der Waals surface area contributed by atoms with E-state index in [1.807, 2.05) is 60.7 Å². The van der Waals surface area contributed by atoms with Crippen LogP contribution in [0.15, 0.2) is 112 Å². The number of alkyl halides is 3. The number of carbonyl (C=O) groups excluding carboxylic acids is 3. The average molecular weight is 1180 g/mol. The van der Waals surface area contributed by atoms with Crippen LogP contribution in [0.5, 0.6) is 0 Å². The molecule has 0 radical (unpaired) electrons. The summed E-state index contributed by atoms with van der Waals surface area (Å²) < 4.78 is 55.9. The Balaban J connectivity index is 0.00000134. The summed E-state index contributed by atoms with van der Waals surface area (Å²) in [4.78, 5) is 89.1. The Morgan fingerprint density at radius 2 is 1.33 bits per heavy atom. The van der Waals surface area contributed by atoms with Crippen LogP contribution in [0.4, 0.5) is 19.0 Å². The van der Waals surface area contributed by atoms with Crippen molar-refractivity contribution in [2.75, 3.05) is 5.32 Å². The minimum Gasteiger partial charge on any atom is -0.766 e. The third-order valence-corrected chi connectivity index (χ3v) is 15.2. The van der Waals surface area contributed by atoms with Gasteiger partial charge in [-0.25, -0.2) is 29.2 Å². The molecule has 1 aliphatic heterocycles. The molecule has 79 heavy (non-hydrogen) atoms. The van der Waals surface area contributed by atoms with Gasteiger partial charge in [-0.1, -0.05) is 115 Å². The second-order valence-corrected chi connectivity index (χ2v) is 22.8. The van der Waals surface area contributed by atoms with Crippen LogP contribution < -0.4 is 15.6 Å². The topological polar surface area (TPSA) is 244 Å². The minimum atomic E-state index is -5.08. The molecule has 2 amide bonds. The van der Waals surface area contributed by atoms with Crippen molar-refractivity contribution >= 4 is 75.9 Å². The SMILES string of the molecule is C=C(C)C(=O)NC1=N/C(=C\c2[n-]c(NC(=O)C(C)Sc3cc(C(=O)O)cc(C(=O)O)c3)c(COOC3C(C)CC(C)CC3C)c2-c2ccccc2)C(c2ccccc2)=C1C(=O)OC1C(C)CC(C)CC1C.O=S([O-])C(F)(F)F.[Zn+2]. The number of thioether (sulfide) groups is 1. The molecule has 22 heteroatoms. The normalized spacial score (nSPS) is 23.2. The average Bonchev–Trinajstić information content (AvgIpc) is 3.98. The molecule has 0 spiro atoms. The number of amides is 2. The Bertz CT molecular complexity index is 2970. The van der Waals surface area contributed by atoms with Gasteiger partial charge in [0.1, 0.15) is 24.1 Å². The van der Waals surface area contributed by atoms with Gasteiger partial charge in [-0.3, -0.25) is 13.8 Å². The molecule has 3 aliphatic rings. The van der Waals surface area contributed by atoms with Crippen LogP contribution in [0.25, 0.3) is 22.8 Å². The summed E-state index contributed by atoms with van der Waals surface area (Å²) in [5.74, 6) is -2.55. The van der Waals surface area contributed by atoms with Gasteiger partial charge in [-0.2, -0.15) is 13.2 Å². The first-order valence-corrected chi connectivity index (χ1v) is 27.3. The van der Waals surface area contributed by atoms with E-state index in [9.17, 15) is 47.4 Å². The summed E-state index contributed by atoms with van der Waals surface area (Å²) in [6, 6.07) is 22.4. The smallest absolute Gasteiger partial charge is 0.766 e. The molecule has 7 rings (SSSR count). The number of carboxylic acids is 2. The number of aromatic nitrogens is 1. The van der Waals surface area contributed by atoms with Crippen LogP contribution in [0, 0.1) is 35.5 Å². The van der Waals surface area contributed by atoms with Crippen molar-refractivity contribution in [2.24, 2.45) is 40.5 Å². The van der Waals surface area contributed by atoms with Gasteiger partial charge in [0.25, 0.3) is 5.91 Å². The van der Waals surface area contributed by atoms with E-state index >= 15 is 0 Å². The van der Waals surface area contributed by atoms with E-state index in [0.29, 0.717) is 45.4 Å². The molecule has 0 saturated heterocycles. The van der Waals surface area contributed by atoms with Crippen molar-refractivity contribution in [3.05, 3.63) is 130 Å². The maximum atomic E-state index is 14.8. The Kier molecular flexibility index (Phi) is 22.5. The quantitative estimate of drug-likeness (QED) is 0.0155. The van der Waals surface area contributed by atoms with Crippen LogP contribution in [-0.4, -0.2) is 77.5 Å². The van der Waals surface area contributed by atoms with Crippen molar-refractivity contribution in [3.8, 4) is 11.1 Å². The predicted octanol–water partition coefficient (Wildman–Crippen LogP) is 11.2. The largest absolute Gasteiger partial charge is 2.00 e. The zero-order valence-electron chi connectivity index (χ0n) is 45.1. The third-order valence-electron chi connectivity index (χ3n) is 13.8. The molecule has 2 heterocycles. The number of nitrogens with zero attached hydrogens (tertiary/aromatic N) is 2. The number of carboxylic acid groups (broad SMARTS) is 2. The van der Waals surface area contributed by atoms with E-state index in [0.717, 1.165) is 43.5 Å². The summed E-state index contributed by atoms with van der Waals surface area (Å²) >= 11 is -2.94. The number of rotatable bonds is 16. The maximum Gasteiger partial charge on any atom is 2.00 e. The number of aromatic carboxylic acids is 2. The fourth-order valence-corrected chi connectivity index (χ4v) is 11.4. The fourth-order valence-electron chi connectivity index (χ4n) is 10.5. The number of nitrogens with one attached hydrogen (secondary N) is 2. The molecule has 6 unspecified atom stereocenters. The molecule has 418 valence electrons. The van der Waals surface area contributed by atoms with Gasteiger partial charge in [0.15, 0.2) is 5.91 Å². The minimum absolute atomic E-state index is 0. The maximum absolute atomic E-state index is 14.8. The van der Waals surface area contributed by atoms with Gasteiger partial charge in [-0.15, -0.1) is 11.8 Å². The second kappa shape index (κ2) is 27.9. The number of halogens is 3. The van der Waals surface area contributed by atoms with Gasteiger partial charge >= 0.3 is 42.9 Å². The Morgan fingerprint density at radius 3 is 1.81 bits per heavy atom. The molecular weight excluding hydrogens is 1120 g/mol. The third kappa shape index (κ3) is 16.5. The number of anilines is 1. The van der Waals surface area contributed by atoms with E-state index in [4.69, 9.17) is 33.3 Å². The molecule has 1 aromatic heterocycles. The zero-order chi connectivity index (χ0) is 57.3. The predicted molar refractivity (Wildman–Crippen MR) is 289 cm³/mol. The molecule has 6 atom stereocenters. The molecule has 4 N–H and O–H groups in total. The number of carbonyl (C=O) groups is 5. The summed E-state index contributed by atoms with van der Waals surface area (Å²) in [5, 5.41) is 24.4. The summed E-state index contributed by atoms with van der Waals surface area (Å²) in [7, 11) is 0. The standard InChI is InChI=1S/C56H64N4O10S.CHF3O2S.Zn/c1-29(2)52(61)60-51-47(56(67)69-48-32(5)20-30(3)21-33(48)6)46(38-18-14-11-15-19-38)44(58-51)27-43-45(37-16-12-10-13-17-37)42(28-68-70-49-34(7)22-31(4)23-35(49)8)50(57-43)59-53(62)36(9)71-41-25-39(54(63)64)24-40(26-41)55(65)66;2-1(3,4)7(5)6;/h10-19,24-27,30-36,48-49H,1,20-23,28H2,2-9H3,(H5,57,58,59,60,61,62,63,64,65,66,67);(H,5,6);/q;;+2/p-2. The molecule has 4 aromatic rings. The summed E-state index contributed by atoms with van der Waals surface area (Å²) in [6.07, 6.45) is 4.88. The van der Waals surface area contributed by atoms with E-state index in [1.54, 1.807) is 19.9 Å². The van der Waals surface area contributed by atoms with Crippen molar-refractivity contribution in [1.82, 2.24) is 10.3 Å². The summed E-state index contributed by atoms with van der Waals surface area (Å²) in [6.45, 7) is 19.8. The number of hydrogen-bond donors (Lipinski definition) is 4. The number of ether oxygens (including phenoxy) is 1. The van der Waals surface area contributed by atoms with Crippen molar-refractivity contribution in [2.45, 2.75) is 116 Å². The van der Waals surface area contributed by atoms with Crippen LogP contribution in [-0.2, 0) is 66.1 Å². The van der Waals surface area contributed by atoms with Gasteiger partial charge < -0.3 is 35.1 Å². The molecule has 16 nitrogen and oxygen atoms in total. The van der Waals surface area contributed by atoms with E-state index in [1.165, 1.54) is 12.1 Å². The summed E-state index contributed by atoms with van der Waals surface area (Å²) in [5.41, 5.74) is -1.87. The molecule has 3 aromatic carbocycles. The molecule has 2 fully saturated rings. The first-order valence-electron chi connectivity index (χ1n) is 25.3. The zero-order valence-corrected chi connectivity index (χ0v) is 49.7. The molecular formula is C57H63F3N4O12S2Zn. The number of benzene rings is 3. The van der Waals surface area contributed by atoms with E-state index < -0.39 is 51.6 Å². The van der Waals surface area contributed by atoms with Crippen molar-refractivity contribution < 1.29 is 90.1 Å². The van der Waals surface area contributed by atoms with Gasteiger partial charge in [-0.05, 0) is 127 Å². The van der Waals surface area contributed by atoms with Gasteiger partial charge in [0, 0.05) is 16.0 Å². The fraction of sp³-hybridized carbons (Fsp3) is 0.404. The van der Waals surface area contributed by atoms with E-state index in [2.05, 4.69) is 58.8 Å². The number of aliphatic imine (C=N–C) groups is 1. The number of hydrogen-bond acceptors (Lipinski definition) is 12. The van der Waals surface area contributed by atoms with Gasteiger partial charge in [0.05, 0.1) is 39.3 Å².